The van der Waals surface area contributed by atoms with Gasteiger partial charge in [-0.2, -0.15) is 0 Å². The van der Waals surface area contributed by atoms with E-state index in [0.717, 1.165) is 0 Å². The van der Waals surface area contributed by atoms with Crippen molar-refractivity contribution in [1.29, 1.82) is 0 Å². The lowest BCUT2D eigenvalue weighted by atomic mass is 10.1. The standard InChI is InChI=1S/C15H17NO7S/c1-22-14(18)10-2-4-11(5-3-10)15(19)23-8-13(17)16-12-6-7-24(20,21)9-12/h2-5,12H,6-9H2,1H3,(H,16,17)/t12-/m1/s1. The molecule has 8 nitrogen and oxygen atoms in total. The van der Waals surface area contributed by atoms with Crippen LogP contribution in [-0.4, -0.2) is 57.5 Å². The minimum atomic E-state index is -3.09. The first kappa shape index (κ1) is 17.9. The molecule has 0 unspecified atom stereocenters. The van der Waals surface area contributed by atoms with Crippen LogP contribution < -0.4 is 5.32 Å². The fourth-order valence-electron chi connectivity index (χ4n) is 2.25. The third-order valence-corrected chi connectivity index (χ3v) is 5.24. The monoisotopic (exact) mass is 355 g/mol. The van der Waals surface area contributed by atoms with Crippen molar-refractivity contribution in [2.24, 2.45) is 0 Å². The van der Waals surface area contributed by atoms with Gasteiger partial charge in [0.2, 0.25) is 0 Å². The average Bonchev–Trinajstić information content (AvgIpc) is 2.90. The molecule has 1 heterocycles. The molecule has 1 fully saturated rings. The van der Waals surface area contributed by atoms with Gasteiger partial charge >= 0.3 is 11.9 Å². The van der Waals surface area contributed by atoms with E-state index < -0.39 is 40.3 Å². The summed E-state index contributed by atoms with van der Waals surface area (Å²) in [6.45, 7) is -0.506. The van der Waals surface area contributed by atoms with E-state index in [9.17, 15) is 22.8 Å². The second kappa shape index (κ2) is 7.43. The second-order valence-electron chi connectivity index (χ2n) is 5.31. The van der Waals surface area contributed by atoms with E-state index >= 15 is 0 Å². The van der Waals surface area contributed by atoms with Crippen molar-refractivity contribution in [3.63, 3.8) is 0 Å². The number of rotatable bonds is 5. The zero-order valence-electron chi connectivity index (χ0n) is 13.0. The number of methoxy groups -OCH3 is 1. The van der Waals surface area contributed by atoms with Gasteiger partial charge in [-0.1, -0.05) is 0 Å². The number of carbonyl (C=O) groups excluding carboxylic acids is 3. The third kappa shape index (κ3) is 4.79. The number of hydrogen-bond acceptors (Lipinski definition) is 7. The smallest absolute Gasteiger partial charge is 0.338 e. The maximum atomic E-state index is 11.8. The highest BCUT2D eigenvalue weighted by Gasteiger charge is 2.29. The molecule has 0 aliphatic carbocycles. The number of hydrogen-bond donors (Lipinski definition) is 1. The molecule has 2 rings (SSSR count). The van der Waals surface area contributed by atoms with Crippen molar-refractivity contribution in [3.05, 3.63) is 35.4 Å². The summed E-state index contributed by atoms with van der Waals surface area (Å²) >= 11 is 0. The Hall–Kier alpha value is -2.42. The van der Waals surface area contributed by atoms with Gasteiger partial charge in [0, 0.05) is 6.04 Å². The summed E-state index contributed by atoms with van der Waals surface area (Å²) in [4.78, 5) is 34.8. The van der Waals surface area contributed by atoms with Gasteiger partial charge in [-0.25, -0.2) is 18.0 Å². The molecule has 0 radical (unpaired) electrons. The zero-order chi connectivity index (χ0) is 17.7. The van der Waals surface area contributed by atoms with Crippen LogP contribution in [0.3, 0.4) is 0 Å². The summed E-state index contributed by atoms with van der Waals surface area (Å²) in [6, 6.07) is 5.14. The Labute approximate surface area is 139 Å². The Morgan fingerprint density at radius 3 is 2.21 bits per heavy atom. The van der Waals surface area contributed by atoms with Crippen LogP contribution in [0.1, 0.15) is 27.1 Å². The van der Waals surface area contributed by atoms with E-state index in [1.165, 1.54) is 31.4 Å². The summed E-state index contributed by atoms with van der Waals surface area (Å²) in [5.41, 5.74) is 0.466. The minimum absolute atomic E-state index is 0.0459. The van der Waals surface area contributed by atoms with Gasteiger partial charge in [0.15, 0.2) is 16.4 Å². The number of sulfone groups is 1. The van der Waals surface area contributed by atoms with Gasteiger partial charge in [-0.15, -0.1) is 0 Å². The van der Waals surface area contributed by atoms with E-state index in [2.05, 4.69) is 10.1 Å². The molecular weight excluding hydrogens is 338 g/mol. The van der Waals surface area contributed by atoms with Crippen LogP contribution in [0.5, 0.6) is 0 Å². The number of ether oxygens (including phenoxy) is 2. The quantitative estimate of drug-likeness (QED) is 0.735. The van der Waals surface area contributed by atoms with Gasteiger partial charge in [-0.05, 0) is 30.7 Å². The van der Waals surface area contributed by atoms with Crippen molar-refractivity contribution < 1.29 is 32.3 Å². The Bertz CT molecular complexity index is 740. The number of amides is 1. The fraction of sp³-hybridized carbons (Fsp3) is 0.400. The van der Waals surface area contributed by atoms with Crippen molar-refractivity contribution in [3.8, 4) is 0 Å². The van der Waals surface area contributed by atoms with Crippen molar-refractivity contribution in [1.82, 2.24) is 5.32 Å². The Morgan fingerprint density at radius 1 is 1.12 bits per heavy atom. The predicted molar refractivity (Wildman–Crippen MR) is 83.3 cm³/mol. The summed E-state index contributed by atoms with van der Waals surface area (Å²) in [5, 5.41) is 2.52. The topological polar surface area (TPSA) is 116 Å². The molecule has 1 saturated heterocycles. The van der Waals surface area contributed by atoms with Crippen LogP contribution in [0, 0.1) is 0 Å². The summed E-state index contributed by atoms with van der Waals surface area (Å²) in [6.07, 6.45) is 0.358. The van der Waals surface area contributed by atoms with Gasteiger partial charge in [-0.3, -0.25) is 4.79 Å². The highest BCUT2D eigenvalue weighted by molar-refractivity contribution is 7.91. The SMILES string of the molecule is COC(=O)c1ccc(C(=O)OCC(=O)N[C@@H]2CCS(=O)(=O)C2)cc1. The largest absolute Gasteiger partial charge is 0.465 e. The first-order chi connectivity index (χ1) is 11.3. The highest BCUT2D eigenvalue weighted by Crippen LogP contribution is 2.11. The zero-order valence-corrected chi connectivity index (χ0v) is 13.8. The van der Waals surface area contributed by atoms with Gasteiger partial charge in [0.1, 0.15) is 0 Å². The van der Waals surface area contributed by atoms with Crippen molar-refractivity contribution in [2.45, 2.75) is 12.5 Å². The summed E-state index contributed by atoms with van der Waals surface area (Å²) in [7, 11) is -1.84. The molecule has 0 saturated carbocycles. The van der Waals surface area contributed by atoms with Crippen LogP contribution in [0.2, 0.25) is 0 Å². The van der Waals surface area contributed by atoms with E-state index in [1.54, 1.807) is 0 Å². The second-order valence-corrected chi connectivity index (χ2v) is 7.54. The molecule has 1 aliphatic heterocycles. The van der Waals surface area contributed by atoms with Crippen LogP contribution in [0.15, 0.2) is 24.3 Å². The lowest BCUT2D eigenvalue weighted by Gasteiger charge is -2.11. The van der Waals surface area contributed by atoms with E-state index in [1.807, 2.05) is 0 Å². The average molecular weight is 355 g/mol. The van der Waals surface area contributed by atoms with Gasteiger partial charge < -0.3 is 14.8 Å². The van der Waals surface area contributed by atoms with E-state index in [0.29, 0.717) is 6.42 Å². The van der Waals surface area contributed by atoms with Crippen LogP contribution in [-0.2, 0) is 24.1 Å². The molecule has 1 N–H and O–H groups in total. The lowest BCUT2D eigenvalue weighted by Crippen LogP contribution is -2.38. The highest BCUT2D eigenvalue weighted by atomic mass is 32.2. The summed E-state index contributed by atoms with van der Waals surface area (Å²) < 4.78 is 32.0. The van der Waals surface area contributed by atoms with Gasteiger partial charge in [0.05, 0.1) is 29.7 Å². The normalized spacial score (nSPS) is 18.6. The third-order valence-electron chi connectivity index (χ3n) is 3.47. The Kier molecular flexibility index (Phi) is 5.55. The van der Waals surface area contributed by atoms with Gasteiger partial charge in [0.25, 0.3) is 5.91 Å². The molecule has 1 aliphatic rings. The fourth-order valence-corrected chi connectivity index (χ4v) is 3.93. The van der Waals surface area contributed by atoms with E-state index in [-0.39, 0.29) is 22.6 Å². The molecule has 1 aromatic rings. The van der Waals surface area contributed by atoms with Crippen LogP contribution >= 0.6 is 0 Å². The molecule has 130 valence electrons. The Morgan fingerprint density at radius 2 is 1.71 bits per heavy atom. The van der Waals surface area contributed by atoms with Crippen molar-refractivity contribution >= 4 is 27.7 Å². The molecule has 1 aromatic carbocycles. The number of nitrogens with one attached hydrogen (secondary N) is 1. The Balaban J connectivity index is 1.82. The van der Waals surface area contributed by atoms with Crippen LogP contribution in [0.4, 0.5) is 0 Å². The minimum Gasteiger partial charge on any atom is -0.465 e. The number of benzene rings is 1. The maximum Gasteiger partial charge on any atom is 0.338 e. The molecule has 0 bridgehead atoms. The first-order valence-corrected chi connectivity index (χ1v) is 8.98. The van der Waals surface area contributed by atoms with Crippen LogP contribution in [0.25, 0.3) is 0 Å². The molecule has 24 heavy (non-hydrogen) atoms. The molecule has 9 heteroatoms. The number of esters is 2. The molecule has 1 atom stereocenters. The molecular formula is C15H17NO7S. The lowest BCUT2D eigenvalue weighted by molar-refractivity contribution is -0.124. The molecule has 0 aromatic heterocycles. The molecule has 0 spiro atoms. The number of carbonyl (C=O) groups is 3. The summed E-state index contributed by atoms with van der Waals surface area (Å²) in [5.74, 6) is -1.86. The molecule has 1 amide bonds. The predicted octanol–water partition coefficient (Wildman–Crippen LogP) is -0.0667. The first-order valence-electron chi connectivity index (χ1n) is 7.16. The van der Waals surface area contributed by atoms with Crippen molar-refractivity contribution in [2.75, 3.05) is 25.2 Å². The van der Waals surface area contributed by atoms with E-state index in [4.69, 9.17) is 4.74 Å². The maximum absolute atomic E-state index is 11.8.